The van der Waals surface area contributed by atoms with Gasteiger partial charge in [0.2, 0.25) is 0 Å². The third-order valence-electron chi connectivity index (χ3n) is 3.69. The number of rotatable bonds is 5. The molecule has 0 heterocycles. The molecule has 0 spiro atoms. The van der Waals surface area contributed by atoms with E-state index >= 15 is 0 Å². The summed E-state index contributed by atoms with van der Waals surface area (Å²) in [7, 11) is -3.91. The normalized spacial score (nSPS) is 11.3. The Morgan fingerprint density at radius 2 is 1.48 bits per heavy atom. The molecule has 0 fully saturated rings. The maximum atomic E-state index is 13.4. The molecular weight excluding hydrogens is 361 g/mol. The smallest absolute Gasteiger partial charge is 0.262 e. The van der Waals surface area contributed by atoms with E-state index in [1.54, 1.807) is 24.3 Å². The minimum Gasteiger partial charge on any atom is -0.262 e. The first-order chi connectivity index (χ1) is 12.0. The van der Waals surface area contributed by atoms with E-state index < -0.39 is 15.8 Å². The lowest BCUT2D eigenvalue weighted by Crippen LogP contribution is -2.30. The van der Waals surface area contributed by atoms with E-state index in [0.717, 1.165) is 17.7 Å². The Morgan fingerprint density at radius 1 is 0.880 bits per heavy atom. The van der Waals surface area contributed by atoms with E-state index in [2.05, 4.69) is 0 Å². The Morgan fingerprint density at radius 3 is 2.08 bits per heavy atom. The Hall–Kier alpha value is -2.37. The van der Waals surface area contributed by atoms with Crippen LogP contribution >= 0.6 is 11.6 Å². The number of nitrogens with zero attached hydrogens (tertiary/aromatic N) is 1. The van der Waals surface area contributed by atoms with Crippen LogP contribution < -0.4 is 4.31 Å². The monoisotopic (exact) mass is 375 g/mol. The van der Waals surface area contributed by atoms with Crippen molar-refractivity contribution in [2.45, 2.75) is 11.4 Å². The molecule has 0 unspecified atom stereocenters. The number of hydrogen-bond donors (Lipinski definition) is 0. The van der Waals surface area contributed by atoms with Crippen LogP contribution in [0.4, 0.5) is 10.1 Å². The van der Waals surface area contributed by atoms with Crippen molar-refractivity contribution >= 4 is 27.3 Å². The van der Waals surface area contributed by atoms with Crippen LogP contribution in [0.3, 0.4) is 0 Å². The quantitative estimate of drug-likeness (QED) is 0.637. The van der Waals surface area contributed by atoms with Crippen LogP contribution in [0.15, 0.2) is 83.8 Å². The van der Waals surface area contributed by atoms with Crippen molar-refractivity contribution in [2.24, 2.45) is 0 Å². The van der Waals surface area contributed by atoms with Gasteiger partial charge in [-0.3, -0.25) is 4.31 Å². The Kier molecular flexibility index (Phi) is 5.06. The van der Waals surface area contributed by atoms with Crippen molar-refractivity contribution in [1.29, 1.82) is 0 Å². The van der Waals surface area contributed by atoms with Crippen LogP contribution in [0.1, 0.15) is 5.56 Å². The molecular formula is C19H15ClFNO2S. The number of hydrogen-bond acceptors (Lipinski definition) is 2. The summed E-state index contributed by atoms with van der Waals surface area (Å²) in [5.74, 6) is -0.657. The second kappa shape index (κ2) is 7.25. The number of para-hydroxylation sites is 1. The summed E-state index contributed by atoms with van der Waals surface area (Å²) < 4.78 is 41.0. The molecule has 0 aliphatic carbocycles. The predicted octanol–water partition coefficient (Wildman–Crippen LogP) is 4.87. The molecule has 0 saturated carbocycles. The molecule has 3 aromatic rings. The van der Waals surface area contributed by atoms with Crippen molar-refractivity contribution in [3.8, 4) is 0 Å². The fourth-order valence-electron chi connectivity index (χ4n) is 2.42. The first-order valence-electron chi connectivity index (χ1n) is 7.55. The highest BCUT2D eigenvalue weighted by Gasteiger charge is 2.26. The van der Waals surface area contributed by atoms with Gasteiger partial charge in [-0.05, 0) is 35.9 Å². The van der Waals surface area contributed by atoms with Crippen LogP contribution in [0.2, 0.25) is 5.02 Å². The van der Waals surface area contributed by atoms with Gasteiger partial charge in [0, 0.05) is 0 Å². The zero-order chi connectivity index (χ0) is 17.9. The molecule has 0 aliphatic rings. The van der Waals surface area contributed by atoms with Crippen molar-refractivity contribution in [3.05, 3.63) is 95.3 Å². The van der Waals surface area contributed by atoms with Crippen molar-refractivity contribution in [2.75, 3.05) is 4.31 Å². The first kappa shape index (κ1) is 17.5. The molecule has 25 heavy (non-hydrogen) atoms. The molecule has 0 radical (unpaired) electrons. The van der Waals surface area contributed by atoms with E-state index in [1.807, 2.05) is 36.4 Å². The highest BCUT2D eigenvalue weighted by atomic mass is 35.5. The second-order valence-electron chi connectivity index (χ2n) is 5.41. The fraction of sp³-hybridized carbons (Fsp3) is 0.0526. The summed E-state index contributed by atoms with van der Waals surface area (Å²) in [6.07, 6.45) is 0. The van der Waals surface area contributed by atoms with Gasteiger partial charge in [-0.15, -0.1) is 0 Å². The van der Waals surface area contributed by atoms with Crippen LogP contribution in [0, 0.1) is 5.82 Å². The molecule has 0 aromatic heterocycles. The van der Waals surface area contributed by atoms with Crippen LogP contribution in [0.5, 0.6) is 0 Å². The molecule has 0 bridgehead atoms. The number of sulfonamides is 1. The lowest BCUT2D eigenvalue weighted by atomic mass is 10.2. The summed E-state index contributed by atoms with van der Waals surface area (Å²) in [5, 5.41) is -0.228. The minimum atomic E-state index is -3.91. The van der Waals surface area contributed by atoms with Gasteiger partial charge in [0.1, 0.15) is 5.82 Å². The summed E-state index contributed by atoms with van der Waals surface area (Å²) in [4.78, 5) is -0.0568. The van der Waals surface area contributed by atoms with Gasteiger partial charge in [-0.2, -0.15) is 0 Å². The minimum absolute atomic E-state index is 0.0568. The Labute approximate surface area is 151 Å². The molecule has 3 aromatic carbocycles. The molecule has 3 nitrogen and oxygen atoms in total. The van der Waals surface area contributed by atoms with E-state index in [0.29, 0.717) is 5.69 Å². The maximum absolute atomic E-state index is 13.4. The SMILES string of the molecule is O=S(=O)(c1ccc(F)c(Cl)c1)N(Cc1ccccc1)c1ccccc1. The molecule has 0 atom stereocenters. The van der Waals surface area contributed by atoms with Crippen LogP contribution in [-0.4, -0.2) is 8.42 Å². The second-order valence-corrected chi connectivity index (χ2v) is 7.68. The summed E-state index contributed by atoms with van der Waals surface area (Å²) >= 11 is 5.77. The molecule has 128 valence electrons. The summed E-state index contributed by atoms with van der Waals surface area (Å²) in [6, 6.07) is 21.4. The van der Waals surface area contributed by atoms with E-state index in [9.17, 15) is 12.8 Å². The van der Waals surface area contributed by atoms with Crippen LogP contribution in [0.25, 0.3) is 0 Å². The third-order valence-corrected chi connectivity index (χ3v) is 5.75. The number of anilines is 1. The fourth-order valence-corrected chi connectivity index (χ4v) is 4.15. The first-order valence-corrected chi connectivity index (χ1v) is 9.37. The predicted molar refractivity (Wildman–Crippen MR) is 97.7 cm³/mol. The van der Waals surface area contributed by atoms with E-state index in [-0.39, 0.29) is 16.5 Å². The highest BCUT2D eigenvalue weighted by Crippen LogP contribution is 2.28. The largest absolute Gasteiger partial charge is 0.264 e. The lowest BCUT2D eigenvalue weighted by molar-refractivity contribution is 0.589. The Balaban J connectivity index is 2.08. The van der Waals surface area contributed by atoms with Crippen molar-refractivity contribution < 1.29 is 12.8 Å². The van der Waals surface area contributed by atoms with Gasteiger partial charge in [0.25, 0.3) is 10.0 Å². The van der Waals surface area contributed by atoms with Crippen molar-refractivity contribution in [3.63, 3.8) is 0 Å². The molecule has 6 heteroatoms. The topological polar surface area (TPSA) is 37.4 Å². The summed E-state index contributed by atoms with van der Waals surface area (Å²) in [6.45, 7) is 0.155. The number of benzene rings is 3. The van der Waals surface area contributed by atoms with Gasteiger partial charge < -0.3 is 0 Å². The van der Waals surface area contributed by atoms with Gasteiger partial charge in [-0.1, -0.05) is 60.1 Å². The Bertz CT molecular complexity index is 963. The number of halogens is 2. The highest BCUT2D eigenvalue weighted by molar-refractivity contribution is 7.92. The molecule has 0 amide bonds. The van der Waals surface area contributed by atoms with Gasteiger partial charge in [-0.25, -0.2) is 12.8 Å². The van der Waals surface area contributed by atoms with Crippen molar-refractivity contribution in [1.82, 2.24) is 0 Å². The lowest BCUT2D eigenvalue weighted by Gasteiger charge is -2.25. The maximum Gasteiger partial charge on any atom is 0.264 e. The van der Waals surface area contributed by atoms with Gasteiger partial charge >= 0.3 is 0 Å². The zero-order valence-corrected chi connectivity index (χ0v) is 14.7. The zero-order valence-electron chi connectivity index (χ0n) is 13.1. The van der Waals surface area contributed by atoms with Gasteiger partial charge in [0.05, 0.1) is 22.2 Å². The molecule has 0 N–H and O–H groups in total. The van der Waals surface area contributed by atoms with Gasteiger partial charge in [0.15, 0.2) is 0 Å². The average molecular weight is 376 g/mol. The molecule has 3 rings (SSSR count). The van der Waals surface area contributed by atoms with Crippen LogP contribution in [-0.2, 0) is 16.6 Å². The molecule has 0 aliphatic heterocycles. The third kappa shape index (κ3) is 3.83. The average Bonchev–Trinajstić information content (AvgIpc) is 2.63. The standard InChI is InChI=1S/C19H15ClFNO2S/c20-18-13-17(11-12-19(18)21)25(23,24)22(16-9-5-2-6-10-16)14-15-7-3-1-4-8-15/h1-13H,14H2. The molecule has 0 saturated heterocycles. The van der Waals surface area contributed by atoms with E-state index in [4.69, 9.17) is 11.6 Å². The summed E-state index contributed by atoms with van der Waals surface area (Å²) in [5.41, 5.74) is 1.36. The van der Waals surface area contributed by atoms with E-state index in [1.165, 1.54) is 10.4 Å².